The molecule has 0 saturated heterocycles. The molecule has 0 amide bonds. The van der Waals surface area contributed by atoms with Crippen LogP contribution in [0.15, 0.2) is 455 Å². The summed E-state index contributed by atoms with van der Waals surface area (Å²) in [4.78, 5) is 30.6. The van der Waals surface area contributed by atoms with E-state index in [1.807, 2.05) is 64.3 Å². The summed E-state index contributed by atoms with van der Waals surface area (Å²) in [7, 11) is 0. The number of para-hydroxylation sites is 5. The van der Waals surface area contributed by atoms with E-state index in [1.54, 1.807) is 0 Å². The molecule has 10 heteroatoms. The van der Waals surface area contributed by atoms with E-state index >= 15 is 0 Å². The Bertz CT molecular complexity index is 9580. The van der Waals surface area contributed by atoms with Crippen molar-refractivity contribution < 1.29 is 0 Å². The maximum atomic E-state index is 5.29. The largest absolute Gasteiger partial charge is 0.309 e. The van der Waals surface area contributed by atoms with E-state index in [2.05, 4.69) is 429 Å². The smallest absolute Gasteiger partial charge is 0.161 e. The zero-order valence-corrected chi connectivity index (χ0v) is 74.6. The van der Waals surface area contributed by atoms with Crippen LogP contribution in [0.5, 0.6) is 0 Å². The van der Waals surface area contributed by atoms with Crippen LogP contribution in [0.2, 0.25) is 0 Å². The summed E-state index contributed by atoms with van der Waals surface area (Å²) in [6, 6.07) is 162. The van der Waals surface area contributed by atoms with Crippen LogP contribution < -0.4 is 0 Å². The first kappa shape index (κ1) is 78.2. The number of hydrogen-bond donors (Lipinski definition) is 0. The van der Waals surface area contributed by atoms with Gasteiger partial charge in [-0.2, -0.15) is 0 Å². The molecule has 7 heterocycles. The lowest BCUT2D eigenvalue weighted by Crippen LogP contribution is -1.96. The lowest BCUT2D eigenvalue weighted by Gasteiger charge is -2.14. The maximum Gasteiger partial charge on any atom is 0.161 e. The van der Waals surface area contributed by atoms with E-state index in [-0.39, 0.29) is 0 Å². The van der Waals surface area contributed by atoms with Gasteiger partial charge >= 0.3 is 0 Å². The molecule has 0 unspecified atom stereocenters. The van der Waals surface area contributed by atoms with Gasteiger partial charge in [0, 0.05) is 127 Å². The molecule has 0 bridgehead atoms. The highest BCUT2D eigenvalue weighted by Crippen LogP contribution is 2.47. The van der Waals surface area contributed by atoms with Gasteiger partial charge in [0.05, 0.1) is 44.7 Å². The normalized spacial score (nSPS) is 11.7. The highest BCUT2D eigenvalue weighted by Gasteiger charge is 2.23. The zero-order chi connectivity index (χ0) is 88.3. The number of rotatable bonds is 10. The SMILES string of the molecule is c1ccc(-c2nc(-c3ccc(-c4ccc5ccc6sc7ccccc7c6c5c4)c4ccccc34)nc3ccccc23)cc1.c1ccc(-c2nc(-c3ccc(-c4ccc5ccc6sc7ccccc7c6c5c4)cc3)nc3ccccc23)cc1.c1ccc(-n2c3ccccc3c3ccc(-c4nc(-c5ccc(-c6ccc7ccc8sc9ccccc9c8c7c6)cc5)nc5ccccc45)cc32)cc1. The van der Waals surface area contributed by atoms with Gasteiger partial charge < -0.3 is 4.57 Å². The third kappa shape index (κ3) is 13.7. The van der Waals surface area contributed by atoms with Gasteiger partial charge in [0.1, 0.15) is 0 Å². The number of hydrogen-bond acceptors (Lipinski definition) is 9. The molecule has 21 aromatic carbocycles. The van der Waals surface area contributed by atoms with Crippen molar-refractivity contribution >= 4 is 192 Å². The monoisotopic (exact) mass is 1760 g/mol. The second-order valence-electron chi connectivity index (χ2n) is 34.2. The number of fused-ring (bicyclic) bond motifs is 22. The highest BCUT2D eigenvalue weighted by atomic mass is 32.1. The Hall–Kier alpha value is -16.9. The number of nitrogens with zero attached hydrogens (tertiary/aromatic N) is 7. The first-order valence-electron chi connectivity index (χ1n) is 45.2. The zero-order valence-electron chi connectivity index (χ0n) is 72.2. The van der Waals surface area contributed by atoms with E-state index < -0.39 is 0 Å². The molecule has 624 valence electrons. The van der Waals surface area contributed by atoms with Crippen LogP contribution in [0, 0.1) is 0 Å². The van der Waals surface area contributed by atoms with Gasteiger partial charge in [-0.15, -0.1) is 34.0 Å². The van der Waals surface area contributed by atoms with E-state index in [0.717, 1.165) is 111 Å². The molecule has 0 aliphatic carbocycles. The van der Waals surface area contributed by atoms with E-state index in [9.17, 15) is 0 Å². The molecule has 0 aliphatic heterocycles. The van der Waals surface area contributed by atoms with Crippen molar-refractivity contribution in [1.29, 1.82) is 0 Å². The van der Waals surface area contributed by atoms with Crippen LogP contribution in [-0.4, -0.2) is 34.5 Å². The summed E-state index contributed by atoms with van der Waals surface area (Å²) in [6.45, 7) is 0. The Kier molecular flexibility index (Phi) is 19.1. The van der Waals surface area contributed by atoms with E-state index in [0.29, 0.717) is 5.82 Å². The summed E-state index contributed by atoms with van der Waals surface area (Å²) in [6.07, 6.45) is 0. The maximum absolute atomic E-state index is 5.29. The fourth-order valence-electron chi connectivity index (χ4n) is 20.0. The molecule has 0 radical (unpaired) electrons. The minimum Gasteiger partial charge on any atom is -0.309 e. The number of thiophene rings is 3. The van der Waals surface area contributed by atoms with Gasteiger partial charge in [-0.1, -0.05) is 352 Å². The molecule has 7 nitrogen and oxygen atoms in total. The minimum atomic E-state index is 0.717. The van der Waals surface area contributed by atoms with Crippen molar-refractivity contribution in [3.8, 4) is 107 Å². The number of aromatic nitrogens is 7. The molecule has 0 saturated carbocycles. The van der Waals surface area contributed by atoms with Crippen molar-refractivity contribution in [2.24, 2.45) is 0 Å². The molecular formula is C124H75N7S3. The average Bonchev–Trinajstić information content (AvgIpc) is 1.67. The first-order valence-corrected chi connectivity index (χ1v) is 47.6. The standard InChI is InChI=1S/C48H29N3S.C40H24N2S.C36H22N2S/c1-2-10-35(11-3-1)51-42-16-8-5-12-36(42)37-26-24-34(29-43(37)51)47-38-13-4-7-15-41(38)49-48(50-47)32-21-18-30(19-22-32)33-23-20-31-25-27-45-46(40(31)28-33)39-14-6-9-17-44(39)52-45;1-2-10-26(11-3-1)39-32-14-6-8-16-35(32)41-40(42-39)31-22-21-28(29-12-4-5-13-30(29)31)27-19-18-25-20-23-37-38(34(25)24-27)33-15-7-9-17-36(33)43-37;1-2-8-25(9-3-1)35-28-10-4-6-12-31(28)37-36(38-35)26-17-14-23(15-18-26)27-19-16-24-20-21-33-34(30(24)22-27)29-11-5-7-13-32(29)39-33/h1-29H;1-24H;1-22H. The molecule has 134 heavy (non-hydrogen) atoms. The topological polar surface area (TPSA) is 82.3 Å². The average molecular weight is 1760 g/mol. The van der Waals surface area contributed by atoms with Crippen LogP contribution in [-0.2, 0) is 0 Å². The van der Waals surface area contributed by atoms with Gasteiger partial charge in [0.15, 0.2) is 17.5 Å². The molecule has 28 rings (SSSR count). The second kappa shape index (κ2) is 32.7. The fraction of sp³-hybridized carbons (Fsp3) is 0. The van der Waals surface area contributed by atoms with Crippen molar-refractivity contribution in [2.75, 3.05) is 0 Å². The van der Waals surface area contributed by atoms with Gasteiger partial charge in [0.25, 0.3) is 0 Å². The van der Waals surface area contributed by atoms with Crippen LogP contribution in [0.25, 0.3) is 265 Å². The Balaban J connectivity index is 0.000000106. The van der Waals surface area contributed by atoms with Gasteiger partial charge in [-0.05, 0) is 180 Å². The van der Waals surface area contributed by atoms with Crippen molar-refractivity contribution in [3.05, 3.63) is 455 Å². The molecule has 28 aromatic rings. The van der Waals surface area contributed by atoms with Crippen molar-refractivity contribution in [3.63, 3.8) is 0 Å². The molecule has 0 atom stereocenters. The van der Waals surface area contributed by atoms with Crippen molar-refractivity contribution in [1.82, 2.24) is 34.5 Å². The quantitative estimate of drug-likeness (QED) is 0.136. The third-order valence-electron chi connectivity index (χ3n) is 26.4. The summed E-state index contributed by atoms with van der Waals surface area (Å²) in [5.74, 6) is 2.20. The van der Waals surface area contributed by atoms with Gasteiger partial charge in [0.2, 0.25) is 0 Å². The Labute approximate surface area is 782 Å². The molecule has 0 N–H and O–H groups in total. The molecule has 0 aliphatic rings. The van der Waals surface area contributed by atoms with Crippen LogP contribution in [0.1, 0.15) is 0 Å². The predicted molar refractivity (Wildman–Crippen MR) is 571 cm³/mol. The van der Waals surface area contributed by atoms with Crippen LogP contribution in [0.3, 0.4) is 0 Å². The van der Waals surface area contributed by atoms with E-state index in [1.165, 1.54) is 148 Å². The van der Waals surface area contributed by atoms with Crippen molar-refractivity contribution in [2.45, 2.75) is 0 Å². The minimum absolute atomic E-state index is 0.717. The molecule has 0 fully saturated rings. The Morgan fingerprint density at radius 2 is 0.485 bits per heavy atom. The van der Waals surface area contributed by atoms with Crippen LogP contribution >= 0.6 is 34.0 Å². The van der Waals surface area contributed by atoms with Gasteiger partial charge in [-0.25, -0.2) is 29.9 Å². The summed E-state index contributed by atoms with van der Waals surface area (Å²) < 4.78 is 10.3. The highest BCUT2D eigenvalue weighted by molar-refractivity contribution is 7.27. The third-order valence-corrected chi connectivity index (χ3v) is 29.8. The van der Waals surface area contributed by atoms with Gasteiger partial charge in [-0.3, -0.25) is 0 Å². The Morgan fingerprint density at radius 3 is 0.955 bits per heavy atom. The number of benzene rings is 21. The second-order valence-corrected chi connectivity index (χ2v) is 37.4. The first-order chi connectivity index (χ1) is 66.4. The Morgan fingerprint density at radius 1 is 0.164 bits per heavy atom. The lowest BCUT2D eigenvalue weighted by atomic mass is 9.92. The summed E-state index contributed by atoms with van der Waals surface area (Å²) in [5.41, 5.74) is 22.6. The predicted octanol–water partition coefficient (Wildman–Crippen LogP) is 34.7. The van der Waals surface area contributed by atoms with Crippen LogP contribution in [0.4, 0.5) is 0 Å². The summed E-state index contributed by atoms with van der Waals surface area (Å²) in [5, 5.41) is 23.7. The molecular weight excluding hydrogens is 1680 g/mol. The fourth-order valence-corrected chi connectivity index (χ4v) is 23.3. The molecule has 7 aromatic heterocycles. The lowest BCUT2D eigenvalue weighted by molar-refractivity contribution is 1.18. The molecule has 0 spiro atoms. The summed E-state index contributed by atoms with van der Waals surface area (Å²) >= 11 is 5.59. The van der Waals surface area contributed by atoms with E-state index in [4.69, 9.17) is 29.9 Å².